The summed E-state index contributed by atoms with van der Waals surface area (Å²) in [6.45, 7) is 2.08. The highest BCUT2D eigenvalue weighted by Gasteiger charge is 2.19. The number of carbonyl (C=O) groups excluding carboxylic acids is 1. The molecule has 0 aliphatic heterocycles. The molecule has 1 aromatic rings. The lowest BCUT2D eigenvalue weighted by Gasteiger charge is -2.15. The van der Waals surface area contributed by atoms with Crippen LogP contribution in [0.2, 0.25) is 0 Å². The van der Waals surface area contributed by atoms with Crippen LogP contribution in [0, 0.1) is 5.92 Å². The van der Waals surface area contributed by atoms with Gasteiger partial charge in [0.25, 0.3) is 5.91 Å². The molecule has 1 aromatic carbocycles. The molecule has 2 rings (SSSR count). The van der Waals surface area contributed by atoms with E-state index >= 15 is 0 Å². The molecule has 0 heterocycles. The molecule has 1 aliphatic rings. The number of hydrogen-bond donors (Lipinski definition) is 2. The van der Waals surface area contributed by atoms with Gasteiger partial charge in [0.2, 0.25) is 0 Å². The van der Waals surface area contributed by atoms with E-state index in [1.807, 2.05) is 13.0 Å². The lowest BCUT2D eigenvalue weighted by molar-refractivity contribution is -0.141. The molecule has 1 saturated carbocycles. The first-order valence-corrected chi connectivity index (χ1v) is 8.38. The number of rotatable bonds is 8. The predicted molar refractivity (Wildman–Crippen MR) is 87.7 cm³/mol. The van der Waals surface area contributed by atoms with E-state index in [4.69, 9.17) is 9.84 Å². The average Bonchev–Trinajstić information content (AvgIpc) is 3.04. The smallest absolute Gasteiger partial charge is 0.308 e. The Kier molecular flexibility index (Phi) is 6.44. The molecule has 1 unspecified atom stereocenters. The van der Waals surface area contributed by atoms with Gasteiger partial charge in [-0.15, -0.1) is 0 Å². The summed E-state index contributed by atoms with van der Waals surface area (Å²) in [4.78, 5) is 23.3. The minimum absolute atomic E-state index is 0.149. The Morgan fingerprint density at radius 3 is 2.74 bits per heavy atom. The number of ether oxygens (including phenoxy) is 1. The monoisotopic (exact) mass is 319 g/mol. The van der Waals surface area contributed by atoms with E-state index in [0.29, 0.717) is 17.7 Å². The molecule has 0 bridgehead atoms. The van der Waals surface area contributed by atoms with E-state index in [0.717, 1.165) is 19.3 Å². The van der Waals surface area contributed by atoms with Crippen LogP contribution in [-0.4, -0.2) is 29.6 Å². The molecule has 0 aromatic heterocycles. The lowest BCUT2D eigenvalue weighted by Crippen LogP contribution is -2.32. The highest BCUT2D eigenvalue weighted by molar-refractivity contribution is 5.94. The maximum absolute atomic E-state index is 12.2. The molecule has 2 N–H and O–H groups in total. The van der Waals surface area contributed by atoms with Crippen molar-refractivity contribution in [3.8, 4) is 5.75 Å². The molecule has 126 valence electrons. The SMILES string of the molecule is CCCC(CNC(=O)c1cccc(OC2CCCC2)c1)C(=O)O. The fourth-order valence-corrected chi connectivity index (χ4v) is 2.89. The van der Waals surface area contributed by atoms with E-state index in [-0.39, 0.29) is 18.6 Å². The van der Waals surface area contributed by atoms with E-state index in [9.17, 15) is 9.59 Å². The molecule has 1 fully saturated rings. The van der Waals surface area contributed by atoms with Crippen LogP contribution in [0.3, 0.4) is 0 Å². The van der Waals surface area contributed by atoms with E-state index in [2.05, 4.69) is 5.32 Å². The number of carbonyl (C=O) groups is 2. The number of amides is 1. The first-order valence-electron chi connectivity index (χ1n) is 8.38. The van der Waals surface area contributed by atoms with Gasteiger partial charge in [-0.25, -0.2) is 0 Å². The van der Waals surface area contributed by atoms with E-state index < -0.39 is 11.9 Å². The first-order chi connectivity index (χ1) is 11.1. The second-order valence-electron chi connectivity index (χ2n) is 6.09. The van der Waals surface area contributed by atoms with Crippen molar-refractivity contribution in [2.75, 3.05) is 6.54 Å². The van der Waals surface area contributed by atoms with Gasteiger partial charge in [-0.2, -0.15) is 0 Å². The van der Waals surface area contributed by atoms with Crippen molar-refractivity contribution in [3.05, 3.63) is 29.8 Å². The molecule has 1 aliphatic carbocycles. The van der Waals surface area contributed by atoms with Gasteiger partial charge in [-0.05, 0) is 50.3 Å². The number of nitrogens with one attached hydrogen (secondary N) is 1. The minimum atomic E-state index is -0.870. The lowest BCUT2D eigenvalue weighted by atomic mass is 10.0. The largest absolute Gasteiger partial charge is 0.490 e. The van der Waals surface area contributed by atoms with E-state index in [1.165, 1.54) is 12.8 Å². The Labute approximate surface area is 137 Å². The second-order valence-corrected chi connectivity index (χ2v) is 6.09. The highest BCUT2D eigenvalue weighted by Crippen LogP contribution is 2.24. The Balaban J connectivity index is 1.92. The molecule has 5 nitrogen and oxygen atoms in total. The molecular weight excluding hydrogens is 294 g/mol. The normalized spacial score (nSPS) is 16.0. The average molecular weight is 319 g/mol. The van der Waals surface area contributed by atoms with Gasteiger partial charge in [0.15, 0.2) is 0 Å². The van der Waals surface area contributed by atoms with Crippen LogP contribution in [0.15, 0.2) is 24.3 Å². The van der Waals surface area contributed by atoms with Gasteiger partial charge < -0.3 is 15.2 Å². The van der Waals surface area contributed by atoms with Crippen LogP contribution in [-0.2, 0) is 4.79 Å². The summed E-state index contributed by atoms with van der Waals surface area (Å²) < 4.78 is 5.89. The Morgan fingerprint density at radius 2 is 2.09 bits per heavy atom. The fourth-order valence-electron chi connectivity index (χ4n) is 2.89. The number of carboxylic acid groups (broad SMARTS) is 1. The summed E-state index contributed by atoms with van der Waals surface area (Å²) in [5.41, 5.74) is 0.501. The van der Waals surface area contributed by atoms with Crippen molar-refractivity contribution in [2.24, 2.45) is 5.92 Å². The summed E-state index contributed by atoms with van der Waals surface area (Å²) in [6, 6.07) is 7.09. The van der Waals surface area contributed by atoms with Crippen LogP contribution >= 0.6 is 0 Å². The summed E-state index contributed by atoms with van der Waals surface area (Å²) in [6.07, 6.45) is 6.09. The quantitative estimate of drug-likeness (QED) is 0.771. The van der Waals surface area contributed by atoms with Crippen molar-refractivity contribution in [2.45, 2.75) is 51.6 Å². The van der Waals surface area contributed by atoms with E-state index in [1.54, 1.807) is 18.2 Å². The summed E-state index contributed by atoms with van der Waals surface area (Å²) in [5, 5.41) is 11.8. The number of hydrogen-bond acceptors (Lipinski definition) is 3. The van der Waals surface area contributed by atoms with Crippen LogP contribution in [0.5, 0.6) is 5.75 Å². The number of aliphatic carboxylic acids is 1. The first kappa shape index (κ1) is 17.3. The number of carboxylic acids is 1. The Hall–Kier alpha value is -2.04. The molecule has 0 saturated heterocycles. The van der Waals surface area contributed by atoms with Gasteiger partial charge in [-0.3, -0.25) is 9.59 Å². The van der Waals surface area contributed by atoms with Gasteiger partial charge in [0, 0.05) is 12.1 Å². The fraction of sp³-hybridized carbons (Fsp3) is 0.556. The molecule has 23 heavy (non-hydrogen) atoms. The van der Waals surface area contributed by atoms with Gasteiger partial charge in [0.1, 0.15) is 5.75 Å². The third-order valence-corrected chi connectivity index (χ3v) is 4.20. The van der Waals surface area contributed by atoms with Crippen LogP contribution < -0.4 is 10.1 Å². The Bertz CT molecular complexity index is 538. The van der Waals surface area contributed by atoms with Gasteiger partial charge in [0.05, 0.1) is 12.0 Å². The topological polar surface area (TPSA) is 75.6 Å². The summed E-state index contributed by atoms with van der Waals surface area (Å²) in [7, 11) is 0. The highest BCUT2D eigenvalue weighted by atomic mass is 16.5. The zero-order chi connectivity index (χ0) is 16.7. The number of benzene rings is 1. The molecular formula is C18H25NO4. The van der Waals surface area contributed by atoms with Crippen LogP contribution in [0.1, 0.15) is 55.8 Å². The van der Waals surface area contributed by atoms with Crippen LogP contribution in [0.25, 0.3) is 0 Å². The van der Waals surface area contributed by atoms with Crippen molar-refractivity contribution in [3.63, 3.8) is 0 Å². The maximum atomic E-state index is 12.2. The molecule has 5 heteroatoms. The zero-order valence-electron chi connectivity index (χ0n) is 13.6. The molecule has 1 amide bonds. The maximum Gasteiger partial charge on any atom is 0.308 e. The molecule has 0 radical (unpaired) electrons. The minimum Gasteiger partial charge on any atom is -0.490 e. The van der Waals surface area contributed by atoms with Gasteiger partial charge in [-0.1, -0.05) is 19.4 Å². The molecule has 1 atom stereocenters. The van der Waals surface area contributed by atoms with Crippen molar-refractivity contribution in [1.82, 2.24) is 5.32 Å². The summed E-state index contributed by atoms with van der Waals surface area (Å²) in [5.74, 6) is -0.968. The van der Waals surface area contributed by atoms with Crippen LogP contribution in [0.4, 0.5) is 0 Å². The third kappa shape index (κ3) is 5.27. The standard InChI is InChI=1S/C18H25NO4/c1-2-6-14(18(21)22)12-19-17(20)13-7-5-10-16(11-13)23-15-8-3-4-9-15/h5,7,10-11,14-15H,2-4,6,8-9,12H2,1H3,(H,19,20)(H,21,22). The summed E-state index contributed by atoms with van der Waals surface area (Å²) >= 11 is 0. The third-order valence-electron chi connectivity index (χ3n) is 4.20. The van der Waals surface area contributed by atoms with Crippen molar-refractivity contribution in [1.29, 1.82) is 0 Å². The Morgan fingerprint density at radius 1 is 1.35 bits per heavy atom. The predicted octanol–water partition coefficient (Wildman–Crippen LogP) is 3.24. The molecule has 0 spiro atoms. The zero-order valence-corrected chi connectivity index (χ0v) is 13.6. The second kappa shape index (κ2) is 8.56. The van der Waals surface area contributed by atoms with Gasteiger partial charge >= 0.3 is 5.97 Å². The van der Waals surface area contributed by atoms with Crippen molar-refractivity contribution >= 4 is 11.9 Å². The van der Waals surface area contributed by atoms with Crippen molar-refractivity contribution < 1.29 is 19.4 Å².